The highest BCUT2D eigenvalue weighted by atomic mass is 35.5. The van der Waals surface area contributed by atoms with Crippen LogP contribution in [0.4, 0.5) is 17.1 Å². The lowest BCUT2D eigenvalue weighted by Crippen LogP contribution is -2.28. The zero-order valence-corrected chi connectivity index (χ0v) is 23.8. The summed E-state index contributed by atoms with van der Waals surface area (Å²) in [5.41, 5.74) is 2.44. The molecular formula is C30H20Cl3N3O3S. The van der Waals surface area contributed by atoms with E-state index in [4.69, 9.17) is 44.5 Å². The third-order valence-corrected chi connectivity index (χ3v) is 7.57. The van der Waals surface area contributed by atoms with E-state index in [9.17, 15) is 9.59 Å². The normalized spacial score (nSPS) is 15.1. The van der Waals surface area contributed by atoms with Gasteiger partial charge in [0.2, 0.25) is 0 Å². The number of benzene rings is 4. The number of nitrogens with zero attached hydrogens (tertiary/aromatic N) is 2. The predicted molar refractivity (Wildman–Crippen MR) is 165 cm³/mol. The van der Waals surface area contributed by atoms with E-state index in [1.54, 1.807) is 47.4 Å². The molecule has 0 saturated carbocycles. The van der Waals surface area contributed by atoms with Crippen molar-refractivity contribution in [3.8, 4) is 5.75 Å². The minimum atomic E-state index is -0.397. The molecule has 1 saturated heterocycles. The van der Waals surface area contributed by atoms with Crippen LogP contribution in [0.1, 0.15) is 5.56 Å². The summed E-state index contributed by atoms with van der Waals surface area (Å²) in [6.45, 7) is -0.282. The fourth-order valence-corrected chi connectivity index (χ4v) is 5.26. The van der Waals surface area contributed by atoms with Crippen LogP contribution in [0, 0.1) is 0 Å². The lowest BCUT2D eigenvalue weighted by molar-refractivity contribution is -0.118. The third kappa shape index (κ3) is 6.69. The average Bonchev–Trinajstić information content (AvgIpc) is 3.25. The molecule has 1 aliphatic rings. The standard InChI is InChI=1S/C30H20Cl3N3O3S/c31-20-11-14-26(39-18-28(37)34-22-12-13-24(32)25(33)17-22)19(15-20)16-27-29(38)36(23-9-5-2-6-10-23)30(40-27)35-21-7-3-1-4-8-21/h1-17H,18H2,(H,34,37)/b27-16+,35-30?. The number of ether oxygens (including phenoxy) is 1. The summed E-state index contributed by atoms with van der Waals surface area (Å²) in [7, 11) is 0. The molecule has 5 rings (SSSR count). The van der Waals surface area contributed by atoms with Crippen molar-refractivity contribution in [3.05, 3.63) is 123 Å². The van der Waals surface area contributed by atoms with Gasteiger partial charge in [0.15, 0.2) is 11.8 Å². The molecule has 0 aliphatic carbocycles. The Morgan fingerprint density at radius 3 is 2.35 bits per heavy atom. The molecule has 4 aromatic rings. The van der Waals surface area contributed by atoms with E-state index in [-0.39, 0.29) is 12.5 Å². The zero-order chi connectivity index (χ0) is 28.1. The van der Waals surface area contributed by atoms with Crippen molar-refractivity contribution in [2.24, 2.45) is 4.99 Å². The second-order valence-electron chi connectivity index (χ2n) is 8.46. The highest BCUT2D eigenvalue weighted by Gasteiger charge is 2.35. The molecule has 10 heteroatoms. The fraction of sp³-hybridized carbons (Fsp3) is 0.0333. The number of halogens is 3. The number of amides is 2. The van der Waals surface area contributed by atoms with Gasteiger partial charge in [0, 0.05) is 16.3 Å². The smallest absolute Gasteiger partial charge is 0.271 e. The van der Waals surface area contributed by atoms with Gasteiger partial charge in [0.05, 0.1) is 26.3 Å². The van der Waals surface area contributed by atoms with E-state index < -0.39 is 5.91 Å². The molecule has 1 fully saturated rings. The second-order valence-corrected chi connectivity index (χ2v) is 10.7. The van der Waals surface area contributed by atoms with Gasteiger partial charge in [-0.15, -0.1) is 0 Å². The molecule has 0 atom stereocenters. The number of thioether (sulfide) groups is 1. The van der Waals surface area contributed by atoms with Gasteiger partial charge in [-0.1, -0.05) is 71.2 Å². The second kappa shape index (κ2) is 12.6. The first-order valence-corrected chi connectivity index (χ1v) is 13.9. The summed E-state index contributed by atoms with van der Waals surface area (Å²) >= 11 is 19.5. The summed E-state index contributed by atoms with van der Waals surface area (Å²) in [5, 5.41) is 4.39. The first-order chi connectivity index (χ1) is 19.4. The van der Waals surface area contributed by atoms with Crippen LogP contribution < -0.4 is 15.0 Å². The topological polar surface area (TPSA) is 71.0 Å². The quantitative estimate of drug-likeness (QED) is 0.214. The Balaban J connectivity index is 1.40. The number of hydrogen-bond acceptors (Lipinski definition) is 5. The van der Waals surface area contributed by atoms with Crippen molar-refractivity contribution in [1.82, 2.24) is 0 Å². The summed E-state index contributed by atoms with van der Waals surface area (Å²) in [6.07, 6.45) is 1.69. The number of amidine groups is 1. The van der Waals surface area contributed by atoms with Gasteiger partial charge in [0.1, 0.15) is 5.75 Å². The van der Waals surface area contributed by atoms with Crippen molar-refractivity contribution < 1.29 is 14.3 Å². The fourth-order valence-electron chi connectivity index (χ4n) is 3.79. The predicted octanol–water partition coefficient (Wildman–Crippen LogP) is 8.47. The van der Waals surface area contributed by atoms with Crippen molar-refractivity contribution in [1.29, 1.82) is 0 Å². The van der Waals surface area contributed by atoms with Crippen LogP contribution in [-0.2, 0) is 9.59 Å². The number of para-hydroxylation sites is 2. The maximum Gasteiger partial charge on any atom is 0.271 e. The van der Waals surface area contributed by atoms with Crippen LogP contribution in [-0.4, -0.2) is 23.6 Å². The number of carbonyl (C=O) groups is 2. The molecule has 1 heterocycles. The number of carbonyl (C=O) groups excluding carboxylic acids is 2. The Labute approximate surface area is 250 Å². The van der Waals surface area contributed by atoms with Crippen molar-refractivity contribution >= 4 is 86.7 Å². The molecule has 2 amide bonds. The monoisotopic (exact) mass is 607 g/mol. The number of nitrogens with one attached hydrogen (secondary N) is 1. The highest BCUT2D eigenvalue weighted by Crippen LogP contribution is 2.38. The molecule has 0 radical (unpaired) electrons. The van der Waals surface area contributed by atoms with Crippen LogP contribution in [0.3, 0.4) is 0 Å². The molecule has 0 aromatic heterocycles. The van der Waals surface area contributed by atoms with Crippen molar-refractivity contribution in [3.63, 3.8) is 0 Å². The summed E-state index contributed by atoms with van der Waals surface area (Å²) in [5.74, 6) is -0.255. The molecule has 40 heavy (non-hydrogen) atoms. The first-order valence-electron chi connectivity index (χ1n) is 12.0. The summed E-state index contributed by atoms with van der Waals surface area (Å²) < 4.78 is 5.82. The van der Waals surface area contributed by atoms with Crippen molar-refractivity contribution in [2.45, 2.75) is 0 Å². The Morgan fingerprint density at radius 1 is 0.900 bits per heavy atom. The van der Waals surface area contributed by atoms with E-state index >= 15 is 0 Å². The lowest BCUT2D eigenvalue weighted by atomic mass is 10.1. The third-order valence-electron chi connectivity index (χ3n) is 5.62. The number of aliphatic imine (C=N–C) groups is 1. The van der Waals surface area contributed by atoms with Gasteiger partial charge in [-0.05, 0) is 78.5 Å². The molecular weight excluding hydrogens is 589 g/mol. The number of anilines is 2. The van der Waals surface area contributed by atoms with Gasteiger partial charge >= 0.3 is 0 Å². The van der Waals surface area contributed by atoms with Crippen LogP contribution >= 0.6 is 46.6 Å². The Bertz CT molecular complexity index is 1630. The molecule has 6 nitrogen and oxygen atoms in total. The lowest BCUT2D eigenvalue weighted by Gasteiger charge is -2.15. The highest BCUT2D eigenvalue weighted by molar-refractivity contribution is 8.19. The van der Waals surface area contributed by atoms with Gasteiger partial charge in [-0.25, -0.2) is 4.99 Å². The van der Waals surface area contributed by atoms with Crippen LogP contribution in [0.25, 0.3) is 6.08 Å². The van der Waals surface area contributed by atoms with E-state index in [1.165, 1.54) is 11.8 Å². The molecule has 1 aliphatic heterocycles. The van der Waals surface area contributed by atoms with E-state index in [0.717, 1.165) is 5.69 Å². The molecule has 0 bridgehead atoms. The van der Waals surface area contributed by atoms with E-state index in [2.05, 4.69) is 5.32 Å². The number of hydrogen-bond donors (Lipinski definition) is 1. The van der Waals surface area contributed by atoms with E-state index in [0.29, 0.717) is 47.8 Å². The van der Waals surface area contributed by atoms with Crippen LogP contribution in [0.2, 0.25) is 15.1 Å². The SMILES string of the molecule is O=C(COc1ccc(Cl)cc1/C=C1/SC(=Nc2ccccc2)N(c2ccccc2)C1=O)Nc1ccc(Cl)c(Cl)c1. The largest absolute Gasteiger partial charge is 0.483 e. The molecule has 0 spiro atoms. The Kier molecular flexibility index (Phi) is 8.77. The molecule has 4 aromatic carbocycles. The average molecular weight is 609 g/mol. The molecule has 1 N–H and O–H groups in total. The van der Waals surface area contributed by atoms with Crippen LogP contribution in [0.5, 0.6) is 5.75 Å². The maximum atomic E-state index is 13.6. The Morgan fingerprint density at radius 2 is 1.62 bits per heavy atom. The first kappa shape index (κ1) is 27.8. The van der Waals surface area contributed by atoms with Crippen LogP contribution in [0.15, 0.2) is 107 Å². The van der Waals surface area contributed by atoms with Crippen molar-refractivity contribution in [2.75, 3.05) is 16.8 Å². The van der Waals surface area contributed by atoms with Gasteiger partial charge in [-0.2, -0.15) is 0 Å². The minimum absolute atomic E-state index is 0.242. The summed E-state index contributed by atoms with van der Waals surface area (Å²) in [4.78, 5) is 32.9. The van der Waals surface area contributed by atoms with Gasteiger partial charge < -0.3 is 10.1 Å². The van der Waals surface area contributed by atoms with E-state index in [1.807, 2.05) is 60.7 Å². The van der Waals surface area contributed by atoms with Gasteiger partial charge in [0.25, 0.3) is 11.8 Å². The zero-order valence-electron chi connectivity index (χ0n) is 20.7. The molecule has 0 unspecified atom stereocenters. The number of rotatable bonds is 7. The van der Waals surface area contributed by atoms with Gasteiger partial charge in [-0.3, -0.25) is 14.5 Å². The Hall–Kier alpha value is -3.75. The minimum Gasteiger partial charge on any atom is -0.483 e. The molecule has 200 valence electrons. The summed E-state index contributed by atoms with van der Waals surface area (Å²) in [6, 6.07) is 28.5. The maximum absolute atomic E-state index is 13.6.